The van der Waals surface area contributed by atoms with Crippen LogP contribution in [-0.4, -0.2) is 41.3 Å². The molecule has 2 unspecified atom stereocenters. The van der Waals surface area contributed by atoms with Gasteiger partial charge in [0, 0.05) is 24.2 Å². The average molecular weight is 461 g/mol. The predicted octanol–water partition coefficient (Wildman–Crippen LogP) is 5.29. The molecule has 3 rings (SSSR count). The predicted molar refractivity (Wildman–Crippen MR) is 129 cm³/mol. The first-order chi connectivity index (χ1) is 15.9. The maximum Gasteiger partial charge on any atom is 0.305 e. The van der Waals surface area contributed by atoms with Crippen LogP contribution in [0.25, 0.3) is 0 Å². The molecule has 0 aromatic heterocycles. The van der Waals surface area contributed by atoms with Crippen LogP contribution in [0.15, 0.2) is 24.3 Å². The van der Waals surface area contributed by atoms with Crippen LogP contribution in [0.5, 0.6) is 0 Å². The lowest BCUT2D eigenvalue weighted by molar-refractivity contribution is -0.141. The van der Waals surface area contributed by atoms with E-state index in [0.29, 0.717) is 25.7 Å². The molecule has 0 aromatic carbocycles. The van der Waals surface area contributed by atoms with E-state index in [9.17, 15) is 19.8 Å². The average Bonchev–Trinajstić information content (AvgIpc) is 2.98. The number of ether oxygens (including phenoxy) is 1. The minimum atomic E-state index is -0.639. The summed E-state index contributed by atoms with van der Waals surface area (Å²) in [6.45, 7) is 2.19. The fraction of sp³-hybridized carbons (Fsp3) is 0.786. The Morgan fingerprint density at radius 1 is 1.24 bits per heavy atom. The number of methoxy groups -OCH3 is 1. The molecular weight excluding hydrogens is 416 g/mol. The quantitative estimate of drug-likeness (QED) is 0.249. The first kappa shape index (κ1) is 26.2. The molecule has 2 saturated carbocycles. The van der Waals surface area contributed by atoms with Crippen molar-refractivity contribution in [1.29, 1.82) is 0 Å². The summed E-state index contributed by atoms with van der Waals surface area (Å²) in [4.78, 5) is 25.2. The van der Waals surface area contributed by atoms with Crippen molar-refractivity contribution >= 4 is 11.8 Å². The summed E-state index contributed by atoms with van der Waals surface area (Å²) in [6, 6.07) is 0. The normalized spacial score (nSPS) is 31.8. The fourth-order valence-electron chi connectivity index (χ4n) is 6.48. The van der Waals surface area contributed by atoms with E-state index in [-0.39, 0.29) is 35.4 Å². The van der Waals surface area contributed by atoms with Crippen molar-refractivity contribution in [3.63, 3.8) is 0 Å². The lowest BCUT2D eigenvalue weighted by atomic mass is 9.53. The molecule has 5 atom stereocenters. The van der Waals surface area contributed by atoms with Crippen LogP contribution in [0.1, 0.15) is 96.8 Å². The van der Waals surface area contributed by atoms with E-state index >= 15 is 0 Å². The molecule has 2 fully saturated rings. The van der Waals surface area contributed by atoms with E-state index in [1.54, 1.807) is 0 Å². The molecule has 0 heterocycles. The van der Waals surface area contributed by atoms with Crippen LogP contribution in [0.4, 0.5) is 0 Å². The largest absolute Gasteiger partial charge is 0.469 e. The molecule has 0 aliphatic heterocycles. The topological polar surface area (TPSA) is 83.8 Å². The minimum absolute atomic E-state index is 0.139. The molecule has 2 N–H and O–H groups in total. The zero-order valence-corrected chi connectivity index (χ0v) is 20.6. The molecule has 0 aromatic rings. The van der Waals surface area contributed by atoms with Gasteiger partial charge in [-0.05, 0) is 56.3 Å². The number of unbranched alkanes of at least 4 members (excludes halogenated alkanes) is 3. The van der Waals surface area contributed by atoms with Gasteiger partial charge >= 0.3 is 5.97 Å². The summed E-state index contributed by atoms with van der Waals surface area (Å²) in [7, 11) is 1.44. The number of aliphatic hydroxyl groups excluding tert-OH is 2. The zero-order chi connectivity index (χ0) is 23.9. The summed E-state index contributed by atoms with van der Waals surface area (Å²) < 4.78 is 4.90. The summed E-state index contributed by atoms with van der Waals surface area (Å²) in [6.07, 6.45) is 19.2. The lowest BCUT2D eigenvalue weighted by Crippen LogP contribution is -2.49. The second kappa shape index (κ2) is 11.8. The molecule has 1 spiro atoms. The number of esters is 1. The highest BCUT2D eigenvalue weighted by Crippen LogP contribution is 2.59. The number of carbonyl (C=O) groups is 2. The Hall–Kier alpha value is -1.46. The molecule has 0 amide bonds. The Bertz CT molecular complexity index is 722. The number of allylic oxidation sites excluding steroid dienone is 2. The van der Waals surface area contributed by atoms with Crippen LogP contribution in [0.2, 0.25) is 0 Å². The van der Waals surface area contributed by atoms with Gasteiger partial charge in [0.2, 0.25) is 0 Å². The van der Waals surface area contributed by atoms with Crippen molar-refractivity contribution in [3.05, 3.63) is 24.3 Å². The number of Topliss-reactive ketones (excluding diaryl/α,β-unsaturated/α-hetero) is 1. The van der Waals surface area contributed by atoms with E-state index in [2.05, 4.69) is 19.1 Å². The van der Waals surface area contributed by atoms with Crippen molar-refractivity contribution in [2.75, 3.05) is 7.11 Å². The van der Waals surface area contributed by atoms with Gasteiger partial charge in [-0.2, -0.15) is 0 Å². The van der Waals surface area contributed by atoms with E-state index in [1.807, 2.05) is 12.2 Å². The molecule has 33 heavy (non-hydrogen) atoms. The van der Waals surface area contributed by atoms with Crippen LogP contribution in [-0.2, 0) is 14.3 Å². The van der Waals surface area contributed by atoms with Crippen molar-refractivity contribution in [1.82, 2.24) is 0 Å². The molecule has 0 radical (unpaired) electrons. The molecule has 5 nitrogen and oxygen atoms in total. The minimum Gasteiger partial charge on any atom is -0.469 e. The van der Waals surface area contributed by atoms with Gasteiger partial charge in [-0.3, -0.25) is 9.59 Å². The summed E-state index contributed by atoms with van der Waals surface area (Å²) in [5, 5.41) is 21.6. The van der Waals surface area contributed by atoms with Gasteiger partial charge in [0.25, 0.3) is 0 Å². The van der Waals surface area contributed by atoms with Crippen LogP contribution >= 0.6 is 0 Å². The van der Waals surface area contributed by atoms with Gasteiger partial charge in [-0.15, -0.1) is 0 Å². The van der Waals surface area contributed by atoms with Crippen molar-refractivity contribution in [3.8, 4) is 0 Å². The van der Waals surface area contributed by atoms with E-state index < -0.39 is 17.6 Å². The number of carbonyl (C=O) groups excluding carboxylic acids is 2. The Morgan fingerprint density at radius 3 is 2.70 bits per heavy atom. The number of aliphatic hydroxyl groups is 2. The highest BCUT2D eigenvalue weighted by Gasteiger charge is 2.58. The first-order valence-corrected chi connectivity index (χ1v) is 13.1. The van der Waals surface area contributed by atoms with Crippen molar-refractivity contribution in [2.24, 2.45) is 22.7 Å². The highest BCUT2D eigenvalue weighted by molar-refractivity contribution is 5.89. The van der Waals surface area contributed by atoms with Crippen LogP contribution < -0.4 is 0 Å². The smallest absolute Gasteiger partial charge is 0.305 e. The molecule has 5 heteroatoms. The van der Waals surface area contributed by atoms with Gasteiger partial charge in [0.05, 0.1) is 19.3 Å². The fourth-order valence-corrected chi connectivity index (χ4v) is 6.48. The SMILES string of the molecule is CCCCCCC(CC=CC[C@]12CC3(CCC3)C(O)CC=C[C@H]1[C@H](O)CC2=O)CC(=O)OC. The number of hydrogen-bond donors (Lipinski definition) is 2. The number of rotatable bonds is 11. The lowest BCUT2D eigenvalue weighted by Gasteiger charge is -2.52. The molecule has 3 aliphatic carbocycles. The summed E-state index contributed by atoms with van der Waals surface area (Å²) in [5.74, 6) is 0.0448. The van der Waals surface area contributed by atoms with E-state index in [0.717, 1.165) is 38.5 Å². The Balaban J connectivity index is 1.71. The third-order valence-electron chi connectivity index (χ3n) is 8.70. The third kappa shape index (κ3) is 5.97. The molecular formula is C28H44O5. The molecule has 0 bridgehead atoms. The molecule has 3 aliphatic rings. The summed E-state index contributed by atoms with van der Waals surface area (Å²) >= 11 is 0. The van der Waals surface area contributed by atoms with E-state index in [1.165, 1.54) is 26.4 Å². The standard InChI is InChI=1S/C28H44O5/c1-3-4-5-6-11-21(18-26(32)33-2)12-7-8-17-28-20-27(15-10-16-27)24(30)14-9-13-22(28)23(29)19-25(28)31/h7-9,13,21-24,29-30H,3-6,10-12,14-20H2,1-2H3/t21?,22-,23+,24?,28-/m0/s1. The van der Waals surface area contributed by atoms with Gasteiger partial charge in [-0.1, -0.05) is 63.3 Å². The Kier molecular flexibility index (Phi) is 9.34. The maximum atomic E-state index is 13.3. The Morgan fingerprint density at radius 2 is 2.03 bits per heavy atom. The van der Waals surface area contributed by atoms with Gasteiger partial charge in [0.1, 0.15) is 5.78 Å². The second-order valence-corrected chi connectivity index (χ2v) is 10.9. The number of fused-ring (bicyclic) bond motifs is 1. The number of hydrogen-bond acceptors (Lipinski definition) is 5. The zero-order valence-electron chi connectivity index (χ0n) is 20.6. The van der Waals surface area contributed by atoms with Gasteiger partial charge < -0.3 is 14.9 Å². The van der Waals surface area contributed by atoms with Gasteiger partial charge in [-0.25, -0.2) is 0 Å². The third-order valence-corrected chi connectivity index (χ3v) is 8.70. The number of ketones is 1. The van der Waals surface area contributed by atoms with E-state index in [4.69, 9.17) is 4.74 Å². The van der Waals surface area contributed by atoms with Crippen molar-refractivity contribution in [2.45, 2.75) is 109 Å². The highest BCUT2D eigenvalue weighted by atomic mass is 16.5. The molecule has 186 valence electrons. The first-order valence-electron chi connectivity index (χ1n) is 13.1. The monoisotopic (exact) mass is 460 g/mol. The molecule has 0 saturated heterocycles. The van der Waals surface area contributed by atoms with Crippen LogP contribution in [0.3, 0.4) is 0 Å². The van der Waals surface area contributed by atoms with Gasteiger partial charge in [0.15, 0.2) is 0 Å². The Labute approximate surface area is 199 Å². The maximum absolute atomic E-state index is 13.3. The van der Waals surface area contributed by atoms with Crippen molar-refractivity contribution < 1.29 is 24.5 Å². The summed E-state index contributed by atoms with van der Waals surface area (Å²) in [5.41, 5.74) is -0.823. The second-order valence-electron chi connectivity index (χ2n) is 10.9. The van der Waals surface area contributed by atoms with Crippen LogP contribution in [0, 0.1) is 22.7 Å².